The number of rotatable bonds is 7. The lowest BCUT2D eigenvalue weighted by Gasteiger charge is -2.31. The molecule has 0 aromatic carbocycles. The summed E-state index contributed by atoms with van der Waals surface area (Å²) in [4.78, 5) is 0. The standard InChI is InChI=1S/C12H17F3NO6S2/c13-12(14,15)24(19,20)16-23(17,18)6-8-1-7-2-10(8)11(3-7)22-5-9-4-21-9/h7-11H,1-6H2/q-1. The van der Waals surface area contributed by atoms with Crippen molar-refractivity contribution in [1.29, 1.82) is 0 Å². The molecule has 0 radical (unpaired) electrons. The summed E-state index contributed by atoms with van der Waals surface area (Å²) >= 11 is 0. The predicted octanol–water partition coefficient (Wildman–Crippen LogP) is 1.37. The summed E-state index contributed by atoms with van der Waals surface area (Å²) in [6.07, 6.45) is 1.96. The Balaban J connectivity index is 1.60. The van der Waals surface area contributed by atoms with E-state index in [-0.39, 0.29) is 24.0 Å². The molecule has 3 fully saturated rings. The summed E-state index contributed by atoms with van der Waals surface area (Å²) in [5.41, 5.74) is -5.72. The van der Waals surface area contributed by atoms with Crippen LogP contribution in [0.25, 0.3) is 4.13 Å². The van der Waals surface area contributed by atoms with Crippen LogP contribution < -0.4 is 0 Å². The molecule has 5 atom stereocenters. The van der Waals surface area contributed by atoms with Gasteiger partial charge in [-0.25, -0.2) is 16.8 Å². The number of hydrogen-bond donors (Lipinski definition) is 0. The third-order valence-electron chi connectivity index (χ3n) is 4.72. The first-order valence-corrected chi connectivity index (χ1v) is 10.5. The van der Waals surface area contributed by atoms with Crippen molar-refractivity contribution in [1.82, 2.24) is 0 Å². The third-order valence-corrected chi connectivity index (χ3v) is 7.85. The molecule has 0 aromatic rings. The Morgan fingerprint density at radius 2 is 1.79 bits per heavy atom. The average molecular weight is 392 g/mol. The highest BCUT2D eigenvalue weighted by Crippen LogP contribution is 2.50. The van der Waals surface area contributed by atoms with Crippen LogP contribution in [0.15, 0.2) is 0 Å². The fourth-order valence-corrected chi connectivity index (χ4v) is 6.40. The highest BCUT2D eigenvalue weighted by atomic mass is 32.3. The highest BCUT2D eigenvalue weighted by molar-refractivity contribution is 8.12. The topological polar surface area (TPSA) is 104 Å². The lowest BCUT2D eigenvalue weighted by molar-refractivity contribution is -0.0425. The van der Waals surface area contributed by atoms with Crippen molar-refractivity contribution in [3.63, 3.8) is 0 Å². The van der Waals surface area contributed by atoms with Crippen LogP contribution in [0.1, 0.15) is 19.3 Å². The summed E-state index contributed by atoms with van der Waals surface area (Å²) in [5.74, 6) is -0.999. The fraction of sp³-hybridized carbons (Fsp3) is 1.00. The predicted molar refractivity (Wildman–Crippen MR) is 75.9 cm³/mol. The molecule has 1 aliphatic heterocycles. The van der Waals surface area contributed by atoms with Crippen molar-refractivity contribution in [3.8, 4) is 0 Å². The van der Waals surface area contributed by atoms with E-state index in [9.17, 15) is 30.0 Å². The fourth-order valence-electron chi connectivity index (χ4n) is 3.70. The van der Waals surface area contributed by atoms with Crippen molar-refractivity contribution in [2.45, 2.75) is 37.0 Å². The molecular formula is C12H17F3NO6S2-. The van der Waals surface area contributed by atoms with Crippen molar-refractivity contribution in [3.05, 3.63) is 4.13 Å². The van der Waals surface area contributed by atoms with E-state index in [1.807, 2.05) is 0 Å². The van der Waals surface area contributed by atoms with Crippen molar-refractivity contribution in [2.24, 2.45) is 17.8 Å². The second kappa shape index (κ2) is 6.08. The molecule has 12 heteroatoms. The quantitative estimate of drug-likeness (QED) is 0.606. The summed E-state index contributed by atoms with van der Waals surface area (Å²) in [6.45, 7) is 1.05. The van der Waals surface area contributed by atoms with E-state index < -0.39 is 37.2 Å². The zero-order valence-electron chi connectivity index (χ0n) is 12.5. The average Bonchev–Trinajstić information content (AvgIpc) is 3.04. The van der Waals surface area contributed by atoms with Gasteiger partial charge in [-0.3, -0.25) is 0 Å². The maximum absolute atomic E-state index is 12.3. The minimum Gasteiger partial charge on any atom is -0.428 e. The van der Waals surface area contributed by atoms with Gasteiger partial charge in [0, 0.05) is 5.75 Å². The Bertz CT molecular complexity index is 688. The Hall–Kier alpha value is -0.430. The minimum atomic E-state index is -6.05. The number of alkyl halides is 3. The molecule has 3 aliphatic rings. The number of epoxide rings is 1. The molecule has 1 heterocycles. The number of ether oxygens (including phenoxy) is 2. The molecule has 0 amide bonds. The molecule has 2 saturated carbocycles. The van der Waals surface area contributed by atoms with Gasteiger partial charge in [0.1, 0.15) is 6.10 Å². The van der Waals surface area contributed by atoms with Crippen LogP contribution in [0, 0.1) is 17.8 Å². The lowest BCUT2D eigenvalue weighted by atomic mass is 9.88. The normalized spacial score (nSPS) is 36.2. The van der Waals surface area contributed by atoms with Crippen LogP contribution in [-0.2, 0) is 29.5 Å². The number of hydrogen-bond acceptors (Lipinski definition) is 6. The van der Waals surface area contributed by atoms with Gasteiger partial charge in [0.15, 0.2) is 10.0 Å². The zero-order valence-corrected chi connectivity index (χ0v) is 14.1. The molecule has 3 rings (SSSR count). The Kier molecular flexibility index (Phi) is 4.65. The van der Waals surface area contributed by atoms with Gasteiger partial charge in [0.2, 0.25) is 0 Å². The first-order chi connectivity index (χ1) is 11.0. The second-order valence-electron chi connectivity index (χ2n) is 6.57. The van der Waals surface area contributed by atoms with Crippen LogP contribution in [-0.4, -0.2) is 53.5 Å². The van der Waals surface area contributed by atoms with Crippen molar-refractivity contribution >= 4 is 20.0 Å². The first kappa shape index (κ1) is 18.4. The summed E-state index contributed by atoms with van der Waals surface area (Å²) in [5, 5.41) is 0. The van der Waals surface area contributed by atoms with Gasteiger partial charge in [-0.15, -0.1) is 0 Å². The van der Waals surface area contributed by atoms with Gasteiger partial charge in [-0.2, -0.15) is 13.2 Å². The van der Waals surface area contributed by atoms with E-state index in [2.05, 4.69) is 4.13 Å². The smallest absolute Gasteiger partial charge is 0.428 e. The van der Waals surface area contributed by atoms with Crippen LogP contribution in [0.3, 0.4) is 0 Å². The van der Waals surface area contributed by atoms with Crippen LogP contribution in [0.2, 0.25) is 0 Å². The molecule has 5 unspecified atom stereocenters. The van der Waals surface area contributed by atoms with Gasteiger partial charge < -0.3 is 13.6 Å². The van der Waals surface area contributed by atoms with E-state index in [1.165, 1.54) is 0 Å². The van der Waals surface area contributed by atoms with Gasteiger partial charge in [0.25, 0.3) is 0 Å². The maximum atomic E-state index is 12.3. The lowest BCUT2D eigenvalue weighted by Crippen LogP contribution is -2.33. The van der Waals surface area contributed by atoms with Crippen molar-refractivity contribution < 1.29 is 39.5 Å². The van der Waals surface area contributed by atoms with Gasteiger partial charge in [-0.1, -0.05) is 0 Å². The highest BCUT2D eigenvalue weighted by Gasteiger charge is 2.48. The first-order valence-electron chi connectivity index (χ1n) is 7.48. The summed E-state index contributed by atoms with van der Waals surface area (Å²) < 4.78 is 95.2. The summed E-state index contributed by atoms with van der Waals surface area (Å²) in [6, 6.07) is 0. The number of sulfonamides is 2. The minimum absolute atomic E-state index is 0.0678. The molecular weight excluding hydrogens is 375 g/mol. The van der Waals surface area contributed by atoms with Gasteiger partial charge in [-0.05, 0) is 37.0 Å². The monoisotopic (exact) mass is 392 g/mol. The number of halogens is 3. The molecule has 140 valence electrons. The number of nitrogens with zero attached hydrogens (tertiary/aromatic N) is 1. The molecule has 2 aliphatic carbocycles. The van der Waals surface area contributed by atoms with Crippen LogP contribution in [0.4, 0.5) is 13.2 Å². The Labute approximate surface area is 138 Å². The molecule has 1 saturated heterocycles. The van der Waals surface area contributed by atoms with Crippen LogP contribution in [0.5, 0.6) is 0 Å². The Morgan fingerprint density at radius 3 is 2.33 bits per heavy atom. The molecule has 0 N–H and O–H groups in total. The molecule has 7 nitrogen and oxygen atoms in total. The van der Waals surface area contributed by atoms with E-state index in [0.717, 1.165) is 12.8 Å². The van der Waals surface area contributed by atoms with Crippen molar-refractivity contribution in [2.75, 3.05) is 19.0 Å². The van der Waals surface area contributed by atoms with E-state index in [1.54, 1.807) is 0 Å². The maximum Gasteiger partial charge on any atom is 0.480 e. The van der Waals surface area contributed by atoms with E-state index in [4.69, 9.17) is 9.47 Å². The molecule has 0 aromatic heterocycles. The van der Waals surface area contributed by atoms with E-state index in [0.29, 0.717) is 19.6 Å². The largest absolute Gasteiger partial charge is 0.480 e. The molecule has 0 spiro atoms. The molecule has 24 heavy (non-hydrogen) atoms. The third kappa shape index (κ3) is 4.03. The number of fused-ring (bicyclic) bond motifs is 2. The zero-order chi connectivity index (χ0) is 17.8. The van der Waals surface area contributed by atoms with Gasteiger partial charge >= 0.3 is 5.51 Å². The summed E-state index contributed by atoms with van der Waals surface area (Å²) in [7, 11) is -10.8. The van der Waals surface area contributed by atoms with Gasteiger partial charge in [0.05, 0.1) is 29.3 Å². The van der Waals surface area contributed by atoms with E-state index >= 15 is 0 Å². The van der Waals surface area contributed by atoms with Crippen LogP contribution >= 0.6 is 0 Å². The molecule has 2 bridgehead atoms. The second-order valence-corrected chi connectivity index (χ2v) is 10.1. The SMILES string of the molecule is O=S(=O)(CC1CC2CC(OCC3CO3)C1C2)[N-]S(=O)(=O)C(F)(F)F. The Morgan fingerprint density at radius 1 is 1.12 bits per heavy atom.